The molecule has 30 heavy (non-hydrogen) atoms. The molecule has 2 fully saturated rings. The minimum Gasteiger partial charge on any atom is -0.465 e. The lowest BCUT2D eigenvalue weighted by atomic mass is 9.89. The Labute approximate surface area is 177 Å². The summed E-state index contributed by atoms with van der Waals surface area (Å²) in [5.41, 5.74) is 1.11. The van der Waals surface area contributed by atoms with Gasteiger partial charge in [-0.3, -0.25) is 19.8 Å². The van der Waals surface area contributed by atoms with E-state index in [9.17, 15) is 19.5 Å². The number of Topliss-reactive ketones (excluding diaryl/α,β-unsaturated/α-hetero) is 1. The van der Waals surface area contributed by atoms with E-state index < -0.39 is 24.2 Å². The van der Waals surface area contributed by atoms with Crippen LogP contribution < -0.4 is 5.32 Å². The summed E-state index contributed by atoms with van der Waals surface area (Å²) in [5, 5.41) is 12.7. The largest absolute Gasteiger partial charge is 0.465 e. The van der Waals surface area contributed by atoms with E-state index in [-0.39, 0.29) is 30.2 Å². The predicted octanol–water partition coefficient (Wildman–Crippen LogP) is 2.88. The highest BCUT2D eigenvalue weighted by atomic mass is 16.5. The second-order valence-corrected chi connectivity index (χ2v) is 8.35. The summed E-state index contributed by atoms with van der Waals surface area (Å²) < 4.78 is 5.21. The number of carbonyl (C=O) groups is 3. The Balaban J connectivity index is 1.68. The minimum atomic E-state index is -1.04. The van der Waals surface area contributed by atoms with Crippen molar-refractivity contribution in [2.75, 3.05) is 13.2 Å². The van der Waals surface area contributed by atoms with E-state index in [4.69, 9.17) is 4.74 Å². The average molecular weight is 417 g/mol. The highest BCUT2D eigenvalue weighted by molar-refractivity contribution is 5.92. The highest BCUT2D eigenvalue weighted by Gasteiger charge is 2.50. The number of esters is 1. The van der Waals surface area contributed by atoms with Crippen molar-refractivity contribution in [1.82, 2.24) is 10.2 Å². The van der Waals surface area contributed by atoms with Gasteiger partial charge in [-0.05, 0) is 56.9 Å². The number of hydrogen-bond donors (Lipinski definition) is 2. The molecule has 1 aromatic carbocycles. The lowest BCUT2D eigenvalue weighted by Gasteiger charge is -2.29. The first-order valence-electron chi connectivity index (χ1n) is 10.9. The lowest BCUT2D eigenvalue weighted by Crippen LogP contribution is -2.53. The number of benzene rings is 1. The second kappa shape index (κ2) is 10.1. The van der Waals surface area contributed by atoms with Crippen LogP contribution in [0.25, 0.3) is 0 Å². The molecule has 7 heteroatoms. The molecule has 1 aromatic rings. The van der Waals surface area contributed by atoms with Gasteiger partial charge in [0.2, 0.25) is 0 Å². The maximum atomic E-state index is 13.3. The molecule has 1 saturated carbocycles. The monoisotopic (exact) mass is 416 g/mol. The summed E-state index contributed by atoms with van der Waals surface area (Å²) in [7, 11) is 0. The van der Waals surface area contributed by atoms with Gasteiger partial charge < -0.3 is 9.84 Å². The SMILES string of the molecule is CCOC(=O)C(CCc1ccccc1)N[C@@H](C)C(=O)C1C2CCCC2CN1C(=O)O. The van der Waals surface area contributed by atoms with E-state index in [1.54, 1.807) is 13.8 Å². The number of aryl methyl sites for hydroxylation is 1. The van der Waals surface area contributed by atoms with E-state index in [1.165, 1.54) is 4.90 Å². The number of ketones is 1. The second-order valence-electron chi connectivity index (χ2n) is 8.35. The number of carboxylic acid groups (broad SMARTS) is 1. The fourth-order valence-corrected chi connectivity index (χ4v) is 4.97. The maximum Gasteiger partial charge on any atom is 0.407 e. The molecule has 5 atom stereocenters. The van der Waals surface area contributed by atoms with Crippen molar-refractivity contribution >= 4 is 17.8 Å². The van der Waals surface area contributed by atoms with E-state index >= 15 is 0 Å². The van der Waals surface area contributed by atoms with Crippen LogP contribution >= 0.6 is 0 Å². The number of fused-ring (bicyclic) bond motifs is 1. The van der Waals surface area contributed by atoms with Crippen LogP contribution in [0.1, 0.15) is 45.1 Å². The maximum absolute atomic E-state index is 13.3. The fraction of sp³-hybridized carbons (Fsp3) is 0.609. The van der Waals surface area contributed by atoms with Crippen LogP contribution in [0.3, 0.4) is 0 Å². The van der Waals surface area contributed by atoms with Crippen LogP contribution in [0.2, 0.25) is 0 Å². The molecule has 7 nitrogen and oxygen atoms in total. The van der Waals surface area contributed by atoms with Gasteiger partial charge in [-0.1, -0.05) is 36.8 Å². The van der Waals surface area contributed by atoms with Gasteiger partial charge in [-0.2, -0.15) is 0 Å². The first kappa shape index (κ1) is 22.3. The highest BCUT2D eigenvalue weighted by Crippen LogP contribution is 2.42. The van der Waals surface area contributed by atoms with Crippen LogP contribution in [0.15, 0.2) is 30.3 Å². The number of rotatable bonds is 9. The molecular weight excluding hydrogens is 384 g/mol. The molecule has 0 spiro atoms. The van der Waals surface area contributed by atoms with Gasteiger partial charge in [-0.25, -0.2) is 4.79 Å². The zero-order valence-electron chi connectivity index (χ0n) is 17.8. The average Bonchev–Trinajstić information content (AvgIpc) is 3.32. The number of nitrogens with zero attached hydrogens (tertiary/aromatic N) is 1. The Hall–Kier alpha value is -2.41. The Morgan fingerprint density at radius 3 is 2.63 bits per heavy atom. The normalized spacial score (nSPS) is 24.9. The van der Waals surface area contributed by atoms with Gasteiger partial charge in [0.15, 0.2) is 5.78 Å². The summed E-state index contributed by atoms with van der Waals surface area (Å²) in [6.07, 6.45) is 3.03. The molecule has 2 N–H and O–H groups in total. The number of likely N-dealkylation sites (tertiary alicyclic amines) is 1. The van der Waals surface area contributed by atoms with Gasteiger partial charge in [0.1, 0.15) is 6.04 Å². The summed E-state index contributed by atoms with van der Waals surface area (Å²) in [6.45, 7) is 4.17. The Kier molecular flexibility index (Phi) is 7.48. The first-order chi connectivity index (χ1) is 14.4. The molecule has 0 bridgehead atoms. The third kappa shape index (κ3) is 5.01. The summed E-state index contributed by atoms with van der Waals surface area (Å²) >= 11 is 0. The van der Waals surface area contributed by atoms with Crippen molar-refractivity contribution in [2.45, 2.75) is 64.1 Å². The fourth-order valence-electron chi connectivity index (χ4n) is 4.97. The molecular formula is C23H32N2O5. The molecule has 4 unspecified atom stereocenters. The van der Waals surface area contributed by atoms with E-state index in [0.29, 0.717) is 19.4 Å². The summed E-state index contributed by atoms with van der Waals surface area (Å²) in [6, 6.07) is 7.96. The van der Waals surface area contributed by atoms with E-state index in [1.807, 2.05) is 30.3 Å². The van der Waals surface area contributed by atoms with Gasteiger partial charge >= 0.3 is 12.1 Å². The zero-order chi connectivity index (χ0) is 21.7. The number of carbonyl (C=O) groups excluding carboxylic acids is 2. The van der Waals surface area contributed by atoms with Crippen molar-refractivity contribution in [3.63, 3.8) is 0 Å². The summed E-state index contributed by atoms with van der Waals surface area (Å²) in [5.74, 6) is -0.182. The number of ether oxygens (including phenoxy) is 1. The van der Waals surface area contributed by atoms with Crippen molar-refractivity contribution in [3.8, 4) is 0 Å². The standard InChI is InChI=1S/C23H32N2O5/c1-3-30-22(27)19(13-12-16-8-5-4-6-9-16)24-15(2)21(26)20-18-11-7-10-17(18)14-25(20)23(28)29/h4-6,8-9,15,17-20,24H,3,7,10-14H2,1-2H3,(H,28,29)/t15-,17?,18?,19?,20?/m0/s1. The Morgan fingerprint density at radius 2 is 1.97 bits per heavy atom. The molecule has 0 radical (unpaired) electrons. The van der Waals surface area contributed by atoms with Crippen LogP contribution in [-0.4, -0.2) is 59.1 Å². The van der Waals surface area contributed by atoms with Crippen molar-refractivity contribution in [1.29, 1.82) is 0 Å². The molecule has 1 aliphatic heterocycles. The van der Waals surface area contributed by atoms with Crippen LogP contribution in [0.4, 0.5) is 4.79 Å². The number of nitrogens with one attached hydrogen (secondary N) is 1. The minimum absolute atomic E-state index is 0.0863. The third-order valence-corrected chi connectivity index (χ3v) is 6.44. The quantitative estimate of drug-likeness (QED) is 0.601. The number of hydrogen-bond acceptors (Lipinski definition) is 5. The van der Waals surface area contributed by atoms with Gasteiger partial charge in [0.25, 0.3) is 0 Å². The third-order valence-electron chi connectivity index (χ3n) is 6.44. The molecule has 1 aliphatic carbocycles. The van der Waals surface area contributed by atoms with Gasteiger partial charge in [0.05, 0.1) is 18.7 Å². The van der Waals surface area contributed by atoms with Crippen molar-refractivity contribution in [3.05, 3.63) is 35.9 Å². The molecule has 3 rings (SSSR count). The van der Waals surface area contributed by atoms with Gasteiger partial charge in [0, 0.05) is 6.54 Å². The predicted molar refractivity (Wildman–Crippen MR) is 112 cm³/mol. The molecule has 164 valence electrons. The summed E-state index contributed by atoms with van der Waals surface area (Å²) in [4.78, 5) is 38.8. The van der Waals surface area contributed by atoms with Crippen LogP contribution in [0, 0.1) is 11.8 Å². The molecule has 0 aromatic heterocycles. The van der Waals surface area contributed by atoms with E-state index in [2.05, 4.69) is 5.32 Å². The van der Waals surface area contributed by atoms with E-state index in [0.717, 1.165) is 24.8 Å². The van der Waals surface area contributed by atoms with Crippen LogP contribution in [-0.2, 0) is 20.7 Å². The molecule has 1 heterocycles. The van der Waals surface area contributed by atoms with Crippen molar-refractivity contribution in [2.24, 2.45) is 11.8 Å². The first-order valence-corrected chi connectivity index (χ1v) is 10.9. The van der Waals surface area contributed by atoms with Gasteiger partial charge in [-0.15, -0.1) is 0 Å². The zero-order valence-corrected chi connectivity index (χ0v) is 17.8. The Morgan fingerprint density at radius 1 is 1.23 bits per heavy atom. The molecule has 1 amide bonds. The number of amides is 1. The lowest BCUT2D eigenvalue weighted by molar-refractivity contribution is -0.146. The Bertz CT molecular complexity index is 753. The van der Waals surface area contributed by atoms with Crippen LogP contribution in [0.5, 0.6) is 0 Å². The smallest absolute Gasteiger partial charge is 0.407 e. The topological polar surface area (TPSA) is 95.9 Å². The molecule has 2 aliphatic rings. The molecule has 1 saturated heterocycles. The van der Waals surface area contributed by atoms with Crippen molar-refractivity contribution < 1.29 is 24.2 Å².